The lowest BCUT2D eigenvalue weighted by atomic mass is 10.1. The number of benzene rings is 1. The number of ether oxygens (including phenoxy) is 1. The van der Waals surface area contributed by atoms with Crippen LogP contribution in [0.4, 0.5) is 5.69 Å². The fourth-order valence-corrected chi connectivity index (χ4v) is 3.74. The Kier molecular flexibility index (Phi) is 4.34. The number of anilines is 1. The number of hydrogen-bond acceptors (Lipinski definition) is 5. The molecule has 114 valence electrons. The van der Waals surface area contributed by atoms with Gasteiger partial charge in [-0.05, 0) is 31.5 Å². The van der Waals surface area contributed by atoms with Gasteiger partial charge in [0.1, 0.15) is 0 Å². The maximum Gasteiger partial charge on any atom is 0.339 e. The van der Waals surface area contributed by atoms with Crippen molar-refractivity contribution in [3.8, 4) is 0 Å². The second-order valence-electron chi connectivity index (χ2n) is 4.91. The van der Waals surface area contributed by atoms with Crippen molar-refractivity contribution in [2.24, 2.45) is 0 Å². The van der Waals surface area contributed by atoms with Gasteiger partial charge >= 0.3 is 5.97 Å². The fraction of sp³-hybridized carbons (Fsp3) is 0.357. The Hall–Kier alpha value is -1.86. The molecular weight excluding hydrogens is 292 g/mol. The summed E-state index contributed by atoms with van der Waals surface area (Å²) >= 11 is 0. The zero-order chi connectivity index (χ0) is 15.6. The third-order valence-electron chi connectivity index (χ3n) is 3.43. The maximum absolute atomic E-state index is 12.7. The van der Waals surface area contributed by atoms with Crippen LogP contribution in [0.25, 0.3) is 0 Å². The molecule has 0 fully saturated rings. The molecule has 1 aromatic rings. The van der Waals surface area contributed by atoms with E-state index in [4.69, 9.17) is 5.73 Å². The monoisotopic (exact) mass is 310 g/mol. The molecule has 21 heavy (non-hydrogen) atoms. The number of rotatable bonds is 3. The summed E-state index contributed by atoms with van der Waals surface area (Å²) in [4.78, 5) is 11.7. The SMILES string of the molecule is COC(=O)c1ccc(N)cc1S(=O)(=O)N1CC=C(C)CC1. The molecule has 0 saturated carbocycles. The standard InChI is InChI=1S/C14H18N2O4S/c1-10-5-7-16(8-6-10)21(18,19)13-9-11(15)3-4-12(13)14(17)20-2/h3-5,9H,6-8,15H2,1-2H3. The zero-order valence-electron chi connectivity index (χ0n) is 12.0. The first-order valence-corrected chi connectivity index (χ1v) is 7.94. The summed E-state index contributed by atoms with van der Waals surface area (Å²) in [6.45, 7) is 2.65. The number of esters is 1. The van der Waals surface area contributed by atoms with Gasteiger partial charge in [-0.1, -0.05) is 11.6 Å². The minimum absolute atomic E-state index is 0.00187. The minimum atomic E-state index is -3.79. The summed E-state index contributed by atoms with van der Waals surface area (Å²) in [5, 5.41) is 0. The van der Waals surface area contributed by atoms with Gasteiger partial charge in [-0.15, -0.1) is 0 Å². The van der Waals surface area contributed by atoms with E-state index in [1.54, 1.807) is 0 Å². The molecule has 1 aliphatic rings. The predicted octanol–water partition coefficient (Wildman–Crippen LogP) is 1.40. The van der Waals surface area contributed by atoms with Crippen LogP contribution in [0.3, 0.4) is 0 Å². The summed E-state index contributed by atoms with van der Waals surface area (Å²) in [5.41, 5.74) is 7.11. The lowest BCUT2D eigenvalue weighted by Crippen LogP contribution is -2.35. The lowest BCUT2D eigenvalue weighted by molar-refractivity contribution is 0.0596. The molecule has 0 aromatic heterocycles. The van der Waals surface area contributed by atoms with Crippen molar-refractivity contribution in [1.29, 1.82) is 0 Å². The number of nitrogen functional groups attached to an aromatic ring is 1. The quantitative estimate of drug-likeness (QED) is 0.518. The van der Waals surface area contributed by atoms with Crippen LogP contribution in [0.15, 0.2) is 34.7 Å². The first-order chi connectivity index (χ1) is 9.86. The number of sulfonamides is 1. The maximum atomic E-state index is 12.7. The van der Waals surface area contributed by atoms with Crippen LogP contribution >= 0.6 is 0 Å². The van der Waals surface area contributed by atoms with Gasteiger partial charge < -0.3 is 10.5 Å². The van der Waals surface area contributed by atoms with Gasteiger partial charge in [0.15, 0.2) is 0 Å². The van der Waals surface area contributed by atoms with Crippen molar-refractivity contribution in [1.82, 2.24) is 4.31 Å². The van der Waals surface area contributed by atoms with Gasteiger partial charge in [0.2, 0.25) is 10.0 Å². The molecule has 0 atom stereocenters. The van der Waals surface area contributed by atoms with Gasteiger partial charge in [0.25, 0.3) is 0 Å². The molecule has 1 heterocycles. The molecule has 0 amide bonds. The van der Waals surface area contributed by atoms with Crippen molar-refractivity contribution in [3.05, 3.63) is 35.4 Å². The van der Waals surface area contributed by atoms with Crippen LogP contribution in [0, 0.1) is 0 Å². The Bertz CT molecular complexity index is 695. The molecular formula is C14H18N2O4S. The van der Waals surface area contributed by atoms with Crippen LogP contribution in [0.2, 0.25) is 0 Å². The molecule has 0 spiro atoms. The van der Waals surface area contributed by atoms with Crippen LogP contribution in [-0.2, 0) is 14.8 Å². The van der Waals surface area contributed by atoms with Gasteiger partial charge in [0.05, 0.1) is 17.6 Å². The zero-order valence-corrected chi connectivity index (χ0v) is 12.8. The Labute approximate surface area is 124 Å². The third-order valence-corrected chi connectivity index (χ3v) is 5.33. The number of nitrogens with zero attached hydrogens (tertiary/aromatic N) is 1. The highest BCUT2D eigenvalue weighted by Gasteiger charge is 2.30. The summed E-state index contributed by atoms with van der Waals surface area (Å²) in [6, 6.07) is 4.15. The number of methoxy groups -OCH3 is 1. The Morgan fingerprint density at radius 1 is 1.38 bits per heavy atom. The fourth-order valence-electron chi connectivity index (χ4n) is 2.14. The number of carbonyl (C=O) groups excluding carboxylic acids is 1. The number of nitrogens with two attached hydrogens (primary N) is 1. The first kappa shape index (κ1) is 15.5. The van der Waals surface area contributed by atoms with Crippen LogP contribution in [0.1, 0.15) is 23.7 Å². The van der Waals surface area contributed by atoms with Gasteiger partial charge in [-0.2, -0.15) is 4.31 Å². The van der Waals surface area contributed by atoms with Crippen LogP contribution in [-0.4, -0.2) is 38.9 Å². The normalized spacial score (nSPS) is 16.4. The van der Waals surface area contributed by atoms with E-state index in [-0.39, 0.29) is 16.1 Å². The molecule has 2 rings (SSSR count). The van der Waals surface area contributed by atoms with E-state index in [9.17, 15) is 13.2 Å². The first-order valence-electron chi connectivity index (χ1n) is 6.50. The highest BCUT2D eigenvalue weighted by atomic mass is 32.2. The molecule has 0 saturated heterocycles. The minimum Gasteiger partial charge on any atom is -0.465 e. The average Bonchev–Trinajstić information content (AvgIpc) is 2.47. The molecule has 1 aromatic carbocycles. The van der Waals surface area contributed by atoms with E-state index < -0.39 is 16.0 Å². The molecule has 2 N–H and O–H groups in total. The van der Waals surface area contributed by atoms with Crippen LogP contribution < -0.4 is 5.73 Å². The molecule has 0 radical (unpaired) electrons. The van der Waals surface area contributed by atoms with E-state index >= 15 is 0 Å². The van der Waals surface area contributed by atoms with Crippen molar-refractivity contribution >= 4 is 21.7 Å². The van der Waals surface area contributed by atoms with E-state index in [1.165, 1.54) is 29.6 Å². The summed E-state index contributed by atoms with van der Waals surface area (Å²) in [7, 11) is -2.58. The topological polar surface area (TPSA) is 89.7 Å². The molecule has 0 bridgehead atoms. The van der Waals surface area contributed by atoms with Gasteiger partial charge in [0, 0.05) is 18.8 Å². The van der Waals surface area contributed by atoms with Crippen molar-refractivity contribution in [3.63, 3.8) is 0 Å². The number of carbonyl (C=O) groups is 1. The predicted molar refractivity (Wildman–Crippen MR) is 79.3 cm³/mol. The Balaban J connectivity index is 2.49. The van der Waals surface area contributed by atoms with E-state index in [2.05, 4.69) is 4.74 Å². The van der Waals surface area contributed by atoms with E-state index in [1.807, 2.05) is 13.0 Å². The van der Waals surface area contributed by atoms with Crippen molar-refractivity contribution in [2.45, 2.75) is 18.2 Å². The van der Waals surface area contributed by atoms with Gasteiger partial charge in [-0.3, -0.25) is 0 Å². The summed E-state index contributed by atoms with van der Waals surface area (Å²) in [5.74, 6) is -0.697. The molecule has 6 nitrogen and oxygen atoms in total. The summed E-state index contributed by atoms with van der Waals surface area (Å²) in [6.07, 6.45) is 2.54. The Morgan fingerprint density at radius 2 is 2.10 bits per heavy atom. The second-order valence-corrected chi connectivity index (χ2v) is 6.82. The molecule has 0 unspecified atom stereocenters. The summed E-state index contributed by atoms with van der Waals surface area (Å²) < 4.78 is 31.4. The highest BCUT2D eigenvalue weighted by molar-refractivity contribution is 7.89. The van der Waals surface area contributed by atoms with Crippen molar-refractivity contribution < 1.29 is 17.9 Å². The molecule has 0 aliphatic carbocycles. The second kappa shape index (κ2) is 5.87. The molecule has 7 heteroatoms. The van der Waals surface area contributed by atoms with E-state index in [0.29, 0.717) is 19.5 Å². The number of hydrogen-bond donors (Lipinski definition) is 1. The largest absolute Gasteiger partial charge is 0.465 e. The van der Waals surface area contributed by atoms with E-state index in [0.717, 1.165) is 5.57 Å². The Morgan fingerprint density at radius 3 is 2.67 bits per heavy atom. The average molecular weight is 310 g/mol. The lowest BCUT2D eigenvalue weighted by Gasteiger charge is -2.25. The highest BCUT2D eigenvalue weighted by Crippen LogP contribution is 2.25. The third kappa shape index (κ3) is 3.08. The van der Waals surface area contributed by atoms with Gasteiger partial charge in [-0.25, -0.2) is 13.2 Å². The van der Waals surface area contributed by atoms with Crippen LogP contribution in [0.5, 0.6) is 0 Å². The van der Waals surface area contributed by atoms with Crippen molar-refractivity contribution in [2.75, 3.05) is 25.9 Å². The molecule has 1 aliphatic heterocycles. The smallest absolute Gasteiger partial charge is 0.339 e.